The van der Waals surface area contributed by atoms with Crippen molar-refractivity contribution >= 4 is 51.7 Å². The molecule has 0 spiro atoms. The van der Waals surface area contributed by atoms with Crippen LogP contribution in [0.3, 0.4) is 0 Å². The van der Waals surface area contributed by atoms with Crippen molar-refractivity contribution in [2.24, 2.45) is 0 Å². The monoisotopic (exact) mass is 319 g/mol. The van der Waals surface area contributed by atoms with Gasteiger partial charge in [0.2, 0.25) is 0 Å². The molecule has 0 aliphatic heterocycles. The minimum absolute atomic E-state index is 0.0973. The average molecular weight is 319 g/mol. The number of carboxylic acids is 1. The molecule has 6 heteroatoms. The molecule has 0 radical (unpaired) electrons. The molecule has 108 valence electrons. The van der Waals surface area contributed by atoms with Gasteiger partial charge in [-0.25, -0.2) is 4.79 Å². The number of amides is 1. The molecule has 1 amide bonds. The molecule has 2 heterocycles. The fourth-order valence-electron chi connectivity index (χ4n) is 1.80. The van der Waals surface area contributed by atoms with E-state index in [9.17, 15) is 9.59 Å². The fraction of sp³-hybridized carbons (Fsp3) is 0.0667. The molecule has 0 aliphatic carbocycles. The van der Waals surface area contributed by atoms with Gasteiger partial charge in [-0.1, -0.05) is 24.8 Å². The second kappa shape index (κ2) is 6.51. The zero-order valence-electron chi connectivity index (χ0n) is 11.3. The summed E-state index contributed by atoms with van der Waals surface area (Å²) in [5.74, 6) is -1.38. The van der Waals surface area contributed by atoms with Crippen LogP contribution in [0.25, 0.3) is 12.2 Å². The van der Waals surface area contributed by atoms with E-state index in [0.29, 0.717) is 10.6 Å². The first kappa shape index (κ1) is 15.2. The summed E-state index contributed by atoms with van der Waals surface area (Å²) in [6, 6.07) is 1.47. The number of rotatable bonds is 5. The number of nitrogens with one attached hydrogen (secondary N) is 1. The SMILES string of the molecule is C=Cc1scc(C(=O)Nc2sccc2C(=O)O)c1/C=C\C. The number of carboxylic acid groups (broad SMARTS) is 1. The van der Waals surface area contributed by atoms with Gasteiger partial charge in [0.1, 0.15) is 5.00 Å². The Morgan fingerprint density at radius 3 is 2.71 bits per heavy atom. The third kappa shape index (κ3) is 3.12. The summed E-state index contributed by atoms with van der Waals surface area (Å²) in [4.78, 5) is 24.3. The summed E-state index contributed by atoms with van der Waals surface area (Å²) in [5.41, 5.74) is 1.40. The molecule has 0 atom stereocenters. The Morgan fingerprint density at radius 1 is 1.33 bits per heavy atom. The molecule has 0 aliphatic rings. The summed E-state index contributed by atoms with van der Waals surface area (Å²) >= 11 is 2.61. The second-order valence-corrected chi connectivity index (χ2v) is 5.88. The maximum absolute atomic E-state index is 12.4. The van der Waals surface area contributed by atoms with E-state index in [4.69, 9.17) is 5.11 Å². The molecular formula is C15H13NO3S2. The van der Waals surface area contributed by atoms with Crippen LogP contribution >= 0.6 is 22.7 Å². The van der Waals surface area contributed by atoms with E-state index in [-0.39, 0.29) is 11.5 Å². The van der Waals surface area contributed by atoms with Gasteiger partial charge in [-0.05, 0) is 18.4 Å². The van der Waals surface area contributed by atoms with Crippen LogP contribution in [0.5, 0.6) is 0 Å². The van der Waals surface area contributed by atoms with E-state index in [1.54, 1.807) is 16.8 Å². The van der Waals surface area contributed by atoms with Crippen molar-refractivity contribution in [1.29, 1.82) is 0 Å². The lowest BCUT2D eigenvalue weighted by atomic mass is 10.1. The lowest BCUT2D eigenvalue weighted by Crippen LogP contribution is -2.13. The van der Waals surface area contributed by atoms with E-state index in [1.807, 2.05) is 19.1 Å². The topological polar surface area (TPSA) is 66.4 Å². The third-order valence-corrected chi connectivity index (χ3v) is 4.57. The molecule has 0 saturated carbocycles. The predicted octanol–water partition coefficient (Wildman–Crippen LogP) is 4.44. The van der Waals surface area contributed by atoms with Crippen LogP contribution in [0.4, 0.5) is 5.00 Å². The number of allylic oxidation sites excluding steroid dienone is 1. The van der Waals surface area contributed by atoms with Gasteiger partial charge in [-0.2, -0.15) is 0 Å². The largest absolute Gasteiger partial charge is 0.478 e. The number of carbonyl (C=O) groups excluding carboxylic acids is 1. The van der Waals surface area contributed by atoms with Gasteiger partial charge >= 0.3 is 5.97 Å². The summed E-state index contributed by atoms with van der Waals surface area (Å²) in [6.07, 6.45) is 5.39. The van der Waals surface area contributed by atoms with Crippen molar-refractivity contribution in [2.45, 2.75) is 6.92 Å². The molecule has 0 saturated heterocycles. The van der Waals surface area contributed by atoms with Crippen molar-refractivity contribution in [3.63, 3.8) is 0 Å². The van der Waals surface area contributed by atoms with Gasteiger partial charge < -0.3 is 10.4 Å². The third-order valence-electron chi connectivity index (χ3n) is 2.75. The van der Waals surface area contributed by atoms with Gasteiger partial charge in [-0.15, -0.1) is 22.7 Å². The lowest BCUT2D eigenvalue weighted by Gasteiger charge is -2.04. The van der Waals surface area contributed by atoms with Gasteiger partial charge in [0.15, 0.2) is 0 Å². The first-order valence-corrected chi connectivity index (χ1v) is 7.83. The highest BCUT2D eigenvalue weighted by atomic mass is 32.1. The van der Waals surface area contributed by atoms with Crippen molar-refractivity contribution in [3.05, 3.63) is 51.0 Å². The molecule has 0 fully saturated rings. The van der Waals surface area contributed by atoms with Gasteiger partial charge in [-0.3, -0.25) is 4.79 Å². The summed E-state index contributed by atoms with van der Waals surface area (Å²) in [7, 11) is 0. The Kier molecular flexibility index (Phi) is 4.72. The Balaban J connectivity index is 2.33. The fourth-order valence-corrected chi connectivity index (χ4v) is 3.45. The van der Waals surface area contributed by atoms with Crippen LogP contribution < -0.4 is 5.32 Å². The Bertz CT molecular complexity index is 725. The van der Waals surface area contributed by atoms with E-state index in [0.717, 1.165) is 10.4 Å². The maximum Gasteiger partial charge on any atom is 0.338 e. The van der Waals surface area contributed by atoms with Crippen LogP contribution in [0.2, 0.25) is 0 Å². The van der Waals surface area contributed by atoms with Gasteiger partial charge in [0, 0.05) is 15.8 Å². The van der Waals surface area contributed by atoms with Crippen molar-refractivity contribution in [2.75, 3.05) is 5.32 Å². The van der Waals surface area contributed by atoms with Crippen LogP contribution in [-0.4, -0.2) is 17.0 Å². The van der Waals surface area contributed by atoms with E-state index < -0.39 is 5.97 Å². The lowest BCUT2D eigenvalue weighted by molar-refractivity contribution is 0.0698. The molecule has 2 N–H and O–H groups in total. The number of aromatic carboxylic acids is 1. The standard InChI is InChI=1S/C15H13NO3S2/c1-3-5-9-11(8-21-12(9)4-2)13(17)16-14-10(15(18)19)6-7-20-14/h3-8H,2H2,1H3,(H,16,17)(H,18,19)/b5-3-. The average Bonchev–Trinajstić information content (AvgIpc) is 3.05. The molecule has 2 rings (SSSR count). The zero-order chi connectivity index (χ0) is 15.4. The van der Waals surface area contributed by atoms with Crippen molar-refractivity contribution in [3.8, 4) is 0 Å². The molecule has 21 heavy (non-hydrogen) atoms. The van der Waals surface area contributed by atoms with E-state index >= 15 is 0 Å². The van der Waals surface area contributed by atoms with Crippen molar-refractivity contribution in [1.82, 2.24) is 0 Å². The second-order valence-electron chi connectivity index (χ2n) is 4.05. The van der Waals surface area contributed by atoms with Crippen LogP contribution in [0, 0.1) is 0 Å². The molecule has 0 unspecified atom stereocenters. The molecule has 2 aromatic rings. The number of hydrogen-bond acceptors (Lipinski definition) is 4. The number of carbonyl (C=O) groups is 2. The normalized spacial score (nSPS) is 10.7. The summed E-state index contributed by atoms with van der Waals surface area (Å²) in [5, 5.41) is 15.4. The minimum Gasteiger partial charge on any atom is -0.478 e. The highest BCUT2D eigenvalue weighted by molar-refractivity contribution is 7.14. The quantitative estimate of drug-likeness (QED) is 0.856. The number of thiophene rings is 2. The first-order valence-electron chi connectivity index (χ1n) is 6.07. The molecule has 0 bridgehead atoms. The molecule has 2 aromatic heterocycles. The Labute approximate surface area is 130 Å². The molecule has 0 aromatic carbocycles. The summed E-state index contributed by atoms with van der Waals surface area (Å²) < 4.78 is 0. The maximum atomic E-state index is 12.4. The smallest absolute Gasteiger partial charge is 0.338 e. The highest BCUT2D eigenvalue weighted by Gasteiger charge is 2.18. The van der Waals surface area contributed by atoms with Crippen LogP contribution in [-0.2, 0) is 0 Å². The van der Waals surface area contributed by atoms with Gasteiger partial charge in [0.05, 0.1) is 11.1 Å². The van der Waals surface area contributed by atoms with Crippen molar-refractivity contribution < 1.29 is 14.7 Å². The first-order chi connectivity index (χ1) is 10.1. The van der Waals surface area contributed by atoms with E-state index in [2.05, 4.69) is 11.9 Å². The van der Waals surface area contributed by atoms with Crippen LogP contribution in [0.15, 0.2) is 29.5 Å². The highest BCUT2D eigenvalue weighted by Crippen LogP contribution is 2.28. The molecule has 4 nitrogen and oxygen atoms in total. The number of anilines is 1. The predicted molar refractivity (Wildman–Crippen MR) is 88.3 cm³/mol. The van der Waals surface area contributed by atoms with Gasteiger partial charge in [0.25, 0.3) is 5.91 Å². The van der Waals surface area contributed by atoms with E-state index in [1.165, 1.54) is 28.7 Å². The summed E-state index contributed by atoms with van der Waals surface area (Å²) in [6.45, 7) is 5.60. The zero-order valence-corrected chi connectivity index (χ0v) is 12.9. The number of hydrogen-bond donors (Lipinski definition) is 2. The Hall–Kier alpha value is -2.18. The Morgan fingerprint density at radius 2 is 2.10 bits per heavy atom. The minimum atomic E-state index is -1.06. The molecular weight excluding hydrogens is 306 g/mol. The van der Waals surface area contributed by atoms with Crippen LogP contribution in [0.1, 0.15) is 38.1 Å².